The third kappa shape index (κ3) is 8.36. The van der Waals surface area contributed by atoms with Crippen LogP contribution in [0.1, 0.15) is 51.9 Å². The molecule has 0 aliphatic heterocycles. The van der Waals surface area contributed by atoms with Crippen LogP contribution < -0.4 is 0 Å². The molecule has 0 bridgehead atoms. The standard InChI is InChI=1S/C11H22ClNO/c1-3-4-5-6-7-8-9-11(10-12)13-14-2/h3-10H2,1-2H3/b13-11-. The monoisotopic (exact) mass is 219 g/mol. The van der Waals surface area contributed by atoms with Crippen molar-refractivity contribution < 1.29 is 4.84 Å². The molecule has 0 heterocycles. The molecule has 0 aliphatic carbocycles. The van der Waals surface area contributed by atoms with E-state index in [0.29, 0.717) is 5.88 Å². The van der Waals surface area contributed by atoms with E-state index in [1.807, 2.05) is 0 Å². The van der Waals surface area contributed by atoms with Crippen molar-refractivity contribution >= 4 is 17.3 Å². The van der Waals surface area contributed by atoms with Gasteiger partial charge in [0.05, 0.1) is 11.6 Å². The van der Waals surface area contributed by atoms with Gasteiger partial charge in [0.1, 0.15) is 7.11 Å². The first kappa shape index (κ1) is 13.8. The van der Waals surface area contributed by atoms with Crippen molar-refractivity contribution in [3.8, 4) is 0 Å². The number of oxime groups is 1. The van der Waals surface area contributed by atoms with Crippen LogP contribution in [0.5, 0.6) is 0 Å². The van der Waals surface area contributed by atoms with E-state index in [0.717, 1.165) is 12.1 Å². The molecule has 14 heavy (non-hydrogen) atoms. The molecule has 2 nitrogen and oxygen atoms in total. The van der Waals surface area contributed by atoms with Crippen LogP contribution >= 0.6 is 11.6 Å². The SMILES string of the molecule is CCCCCCCC/C(CCl)=N/OC. The van der Waals surface area contributed by atoms with Crippen LogP contribution in [-0.2, 0) is 4.84 Å². The molecule has 0 aliphatic rings. The molecule has 0 N–H and O–H groups in total. The smallest absolute Gasteiger partial charge is 0.106 e. The van der Waals surface area contributed by atoms with E-state index in [1.54, 1.807) is 7.11 Å². The van der Waals surface area contributed by atoms with Gasteiger partial charge in [-0.15, -0.1) is 11.6 Å². The Labute approximate surface area is 92.7 Å². The highest BCUT2D eigenvalue weighted by Gasteiger charge is 1.98. The second-order valence-corrected chi connectivity index (χ2v) is 3.76. The molecule has 0 atom stereocenters. The van der Waals surface area contributed by atoms with Gasteiger partial charge >= 0.3 is 0 Å². The highest BCUT2D eigenvalue weighted by atomic mass is 35.5. The zero-order chi connectivity index (χ0) is 10.6. The van der Waals surface area contributed by atoms with Gasteiger partial charge in [0.25, 0.3) is 0 Å². The minimum absolute atomic E-state index is 0.489. The van der Waals surface area contributed by atoms with E-state index in [2.05, 4.69) is 12.1 Å². The lowest BCUT2D eigenvalue weighted by Crippen LogP contribution is -2.00. The van der Waals surface area contributed by atoms with Crippen LogP contribution in [0, 0.1) is 0 Å². The van der Waals surface area contributed by atoms with Crippen molar-refractivity contribution in [2.75, 3.05) is 13.0 Å². The third-order valence-electron chi connectivity index (χ3n) is 2.19. The van der Waals surface area contributed by atoms with Crippen LogP contribution in [0.3, 0.4) is 0 Å². The van der Waals surface area contributed by atoms with E-state index in [9.17, 15) is 0 Å². The highest BCUT2D eigenvalue weighted by molar-refractivity contribution is 6.28. The molecule has 0 aromatic rings. The van der Waals surface area contributed by atoms with Gasteiger partial charge in [-0.3, -0.25) is 0 Å². The van der Waals surface area contributed by atoms with Gasteiger partial charge in [0.15, 0.2) is 0 Å². The Balaban J connectivity index is 3.29. The lowest BCUT2D eigenvalue weighted by atomic mass is 10.1. The van der Waals surface area contributed by atoms with Gasteiger partial charge in [-0.2, -0.15) is 0 Å². The molecular weight excluding hydrogens is 198 g/mol. The molecule has 3 heteroatoms. The molecule has 0 unspecified atom stereocenters. The Kier molecular flexibility index (Phi) is 10.7. The Morgan fingerprint density at radius 3 is 2.36 bits per heavy atom. The van der Waals surface area contributed by atoms with Gasteiger partial charge in [-0.1, -0.05) is 44.2 Å². The van der Waals surface area contributed by atoms with Crippen molar-refractivity contribution in [1.82, 2.24) is 0 Å². The highest BCUT2D eigenvalue weighted by Crippen LogP contribution is 2.08. The van der Waals surface area contributed by atoms with Crippen LogP contribution in [0.25, 0.3) is 0 Å². The molecule has 0 radical (unpaired) electrons. The maximum Gasteiger partial charge on any atom is 0.106 e. The zero-order valence-electron chi connectivity index (χ0n) is 9.39. The van der Waals surface area contributed by atoms with Gasteiger partial charge < -0.3 is 4.84 Å². The predicted octanol–water partition coefficient (Wildman–Crippen LogP) is 3.98. The molecule has 0 spiro atoms. The van der Waals surface area contributed by atoms with Crippen molar-refractivity contribution in [3.63, 3.8) is 0 Å². The molecule has 0 saturated carbocycles. The summed E-state index contributed by atoms with van der Waals surface area (Å²) in [6.07, 6.45) is 8.78. The Morgan fingerprint density at radius 1 is 1.14 bits per heavy atom. The molecule has 0 aromatic carbocycles. The number of alkyl halides is 1. The van der Waals surface area contributed by atoms with Gasteiger partial charge in [0.2, 0.25) is 0 Å². The fraction of sp³-hybridized carbons (Fsp3) is 0.909. The molecule has 0 saturated heterocycles. The van der Waals surface area contributed by atoms with Crippen molar-refractivity contribution in [2.24, 2.45) is 5.16 Å². The lowest BCUT2D eigenvalue weighted by molar-refractivity contribution is 0.212. The van der Waals surface area contributed by atoms with Gasteiger partial charge in [0, 0.05) is 0 Å². The van der Waals surface area contributed by atoms with E-state index < -0.39 is 0 Å². The van der Waals surface area contributed by atoms with E-state index in [4.69, 9.17) is 16.4 Å². The summed E-state index contributed by atoms with van der Waals surface area (Å²) in [7, 11) is 1.56. The number of rotatable bonds is 9. The largest absolute Gasteiger partial charge is 0.399 e. The minimum Gasteiger partial charge on any atom is -0.399 e. The van der Waals surface area contributed by atoms with Crippen molar-refractivity contribution in [3.05, 3.63) is 0 Å². The van der Waals surface area contributed by atoms with Crippen LogP contribution in [0.2, 0.25) is 0 Å². The summed E-state index contributed by atoms with van der Waals surface area (Å²) in [5, 5.41) is 3.86. The summed E-state index contributed by atoms with van der Waals surface area (Å²) in [5.74, 6) is 0.489. The first-order chi connectivity index (χ1) is 6.85. The average molecular weight is 220 g/mol. The second kappa shape index (κ2) is 10.8. The Hall–Kier alpha value is -0.240. The Bertz CT molecular complexity index is 148. The number of unbranched alkanes of at least 4 members (excludes halogenated alkanes) is 5. The van der Waals surface area contributed by atoms with E-state index in [1.165, 1.54) is 38.5 Å². The summed E-state index contributed by atoms with van der Waals surface area (Å²) in [6.45, 7) is 2.23. The first-order valence-electron chi connectivity index (χ1n) is 5.50. The maximum absolute atomic E-state index is 5.70. The summed E-state index contributed by atoms with van der Waals surface area (Å²) < 4.78 is 0. The lowest BCUT2D eigenvalue weighted by Gasteiger charge is -2.02. The minimum atomic E-state index is 0.489. The molecule has 0 rings (SSSR count). The van der Waals surface area contributed by atoms with Gasteiger partial charge in [-0.25, -0.2) is 0 Å². The third-order valence-corrected chi connectivity index (χ3v) is 2.50. The van der Waals surface area contributed by atoms with E-state index in [-0.39, 0.29) is 0 Å². The quantitative estimate of drug-likeness (QED) is 0.249. The predicted molar refractivity (Wildman–Crippen MR) is 63.2 cm³/mol. The summed E-state index contributed by atoms with van der Waals surface area (Å²) in [6, 6.07) is 0. The molecule has 0 fully saturated rings. The zero-order valence-corrected chi connectivity index (χ0v) is 10.1. The second-order valence-electron chi connectivity index (χ2n) is 3.49. The van der Waals surface area contributed by atoms with Crippen LogP contribution in [0.15, 0.2) is 5.16 Å². The fourth-order valence-corrected chi connectivity index (χ4v) is 1.56. The van der Waals surface area contributed by atoms with E-state index >= 15 is 0 Å². The number of halogens is 1. The molecule has 0 aromatic heterocycles. The maximum atomic E-state index is 5.70. The normalized spacial score (nSPS) is 11.8. The number of hydrogen-bond donors (Lipinski definition) is 0. The Morgan fingerprint density at radius 2 is 1.79 bits per heavy atom. The van der Waals surface area contributed by atoms with Crippen LogP contribution in [0.4, 0.5) is 0 Å². The molecule has 0 amide bonds. The summed E-state index contributed by atoms with van der Waals surface area (Å²) in [4.78, 5) is 4.69. The van der Waals surface area contributed by atoms with Crippen molar-refractivity contribution in [1.29, 1.82) is 0 Å². The van der Waals surface area contributed by atoms with Crippen LogP contribution in [-0.4, -0.2) is 18.7 Å². The number of nitrogens with zero attached hydrogens (tertiary/aromatic N) is 1. The molecular formula is C11H22ClNO. The summed E-state index contributed by atoms with van der Waals surface area (Å²) in [5.41, 5.74) is 0.963. The van der Waals surface area contributed by atoms with Gasteiger partial charge in [-0.05, 0) is 12.8 Å². The average Bonchev–Trinajstić information content (AvgIpc) is 2.21. The molecule has 84 valence electrons. The first-order valence-corrected chi connectivity index (χ1v) is 6.03. The topological polar surface area (TPSA) is 21.6 Å². The van der Waals surface area contributed by atoms with Crippen molar-refractivity contribution in [2.45, 2.75) is 51.9 Å². The summed E-state index contributed by atoms with van der Waals surface area (Å²) >= 11 is 5.70. The number of hydrogen-bond acceptors (Lipinski definition) is 2. The fourth-order valence-electron chi connectivity index (χ4n) is 1.38.